The number of aromatic nitrogens is 2. The van der Waals surface area contributed by atoms with Crippen molar-refractivity contribution in [3.63, 3.8) is 0 Å². The minimum Gasteiger partial charge on any atom is -0.466 e. The highest BCUT2D eigenvalue weighted by Gasteiger charge is 2.06. The molecule has 0 bridgehead atoms. The third-order valence-electron chi connectivity index (χ3n) is 3.57. The van der Waals surface area contributed by atoms with E-state index in [0.29, 0.717) is 19.1 Å². The summed E-state index contributed by atoms with van der Waals surface area (Å²) in [5.41, 5.74) is 2.30. The van der Waals surface area contributed by atoms with Crippen molar-refractivity contribution in [2.45, 2.75) is 45.7 Å². The fourth-order valence-corrected chi connectivity index (χ4v) is 2.48. The molecule has 23 heavy (non-hydrogen) atoms. The highest BCUT2D eigenvalue weighted by molar-refractivity contribution is 5.69. The standard InChI is InChI=1S/C18H25N3O2/c1-3-23-18(22)10-4-7-15(2)20-17-9-5-8-16(13-17)14-21-12-6-11-19-21/h5-6,8-9,11-13,15,20H,3-4,7,10,14H2,1-2H3/t15-/m0/s1. The van der Waals surface area contributed by atoms with E-state index in [2.05, 4.69) is 35.5 Å². The summed E-state index contributed by atoms with van der Waals surface area (Å²) in [6, 6.07) is 10.6. The number of rotatable bonds is 9. The van der Waals surface area contributed by atoms with E-state index in [1.54, 1.807) is 6.20 Å². The zero-order valence-electron chi connectivity index (χ0n) is 13.9. The van der Waals surface area contributed by atoms with Gasteiger partial charge in [0.05, 0.1) is 13.2 Å². The predicted molar refractivity (Wildman–Crippen MR) is 91.3 cm³/mol. The Balaban J connectivity index is 1.79. The van der Waals surface area contributed by atoms with E-state index in [9.17, 15) is 4.79 Å². The van der Waals surface area contributed by atoms with Gasteiger partial charge in [-0.25, -0.2) is 0 Å². The Labute approximate surface area is 137 Å². The molecule has 0 aliphatic rings. The lowest BCUT2D eigenvalue weighted by Crippen LogP contribution is -2.16. The van der Waals surface area contributed by atoms with Crippen LogP contribution in [0.5, 0.6) is 0 Å². The molecule has 1 atom stereocenters. The second kappa shape index (κ2) is 8.98. The summed E-state index contributed by atoms with van der Waals surface area (Å²) in [6.45, 7) is 5.18. The lowest BCUT2D eigenvalue weighted by Gasteiger charge is -2.16. The SMILES string of the molecule is CCOC(=O)CCC[C@H](C)Nc1cccc(Cn2cccn2)c1. The zero-order chi connectivity index (χ0) is 16.5. The topological polar surface area (TPSA) is 56.1 Å². The van der Waals surface area contributed by atoms with Crippen LogP contribution in [0.25, 0.3) is 0 Å². The van der Waals surface area contributed by atoms with Crippen molar-refractivity contribution in [3.05, 3.63) is 48.3 Å². The van der Waals surface area contributed by atoms with Crippen molar-refractivity contribution >= 4 is 11.7 Å². The van der Waals surface area contributed by atoms with E-state index in [0.717, 1.165) is 25.1 Å². The molecule has 0 amide bonds. The van der Waals surface area contributed by atoms with Gasteiger partial charge in [-0.2, -0.15) is 5.10 Å². The first-order valence-electron chi connectivity index (χ1n) is 8.16. The molecule has 0 saturated heterocycles. The average Bonchev–Trinajstić information content (AvgIpc) is 3.01. The van der Waals surface area contributed by atoms with Crippen LogP contribution in [-0.4, -0.2) is 28.4 Å². The van der Waals surface area contributed by atoms with Crippen LogP contribution in [0.15, 0.2) is 42.7 Å². The number of hydrogen-bond donors (Lipinski definition) is 1. The maximum Gasteiger partial charge on any atom is 0.305 e. The number of hydrogen-bond acceptors (Lipinski definition) is 4. The second-order valence-electron chi connectivity index (χ2n) is 5.65. The van der Waals surface area contributed by atoms with Gasteiger partial charge in [0.2, 0.25) is 0 Å². The molecule has 1 N–H and O–H groups in total. The van der Waals surface area contributed by atoms with Crippen LogP contribution >= 0.6 is 0 Å². The van der Waals surface area contributed by atoms with Crippen LogP contribution in [0, 0.1) is 0 Å². The normalized spacial score (nSPS) is 11.9. The van der Waals surface area contributed by atoms with Crippen LogP contribution in [0.4, 0.5) is 5.69 Å². The summed E-state index contributed by atoms with van der Waals surface area (Å²) in [5.74, 6) is -0.110. The van der Waals surface area contributed by atoms with Crippen LogP contribution in [-0.2, 0) is 16.1 Å². The Morgan fingerprint density at radius 1 is 1.39 bits per heavy atom. The first-order chi connectivity index (χ1) is 11.2. The van der Waals surface area contributed by atoms with E-state index in [1.807, 2.05) is 29.9 Å². The second-order valence-corrected chi connectivity index (χ2v) is 5.65. The van der Waals surface area contributed by atoms with Gasteiger partial charge in [-0.15, -0.1) is 0 Å². The summed E-state index contributed by atoms with van der Waals surface area (Å²) < 4.78 is 6.84. The van der Waals surface area contributed by atoms with Gasteiger partial charge in [0.15, 0.2) is 0 Å². The third kappa shape index (κ3) is 6.14. The van der Waals surface area contributed by atoms with Crippen molar-refractivity contribution in [1.82, 2.24) is 9.78 Å². The largest absolute Gasteiger partial charge is 0.466 e. The summed E-state index contributed by atoms with van der Waals surface area (Å²) in [5, 5.41) is 7.71. The minimum absolute atomic E-state index is 0.110. The van der Waals surface area contributed by atoms with Crippen LogP contribution < -0.4 is 5.32 Å². The fourth-order valence-electron chi connectivity index (χ4n) is 2.48. The Kier molecular flexibility index (Phi) is 6.66. The summed E-state index contributed by atoms with van der Waals surface area (Å²) >= 11 is 0. The fraction of sp³-hybridized carbons (Fsp3) is 0.444. The number of ether oxygens (including phenoxy) is 1. The molecule has 0 aliphatic heterocycles. The van der Waals surface area contributed by atoms with Crippen molar-refractivity contribution in [1.29, 1.82) is 0 Å². The van der Waals surface area contributed by atoms with Crippen molar-refractivity contribution < 1.29 is 9.53 Å². The molecule has 0 unspecified atom stereocenters. The monoisotopic (exact) mass is 315 g/mol. The molecule has 2 aromatic rings. The Morgan fingerprint density at radius 3 is 3.00 bits per heavy atom. The number of nitrogens with one attached hydrogen (secondary N) is 1. The molecule has 1 heterocycles. The number of nitrogens with zero attached hydrogens (tertiary/aromatic N) is 2. The molecular formula is C18H25N3O2. The van der Waals surface area contributed by atoms with Crippen LogP contribution in [0.2, 0.25) is 0 Å². The minimum atomic E-state index is -0.110. The molecule has 2 rings (SSSR count). The zero-order valence-corrected chi connectivity index (χ0v) is 13.9. The number of carbonyl (C=O) groups excluding carboxylic acids is 1. The van der Waals surface area contributed by atoms with Gasteiger partial charge in [0.25, 0.3) is 0 Å². The number of esters is 1. The van der Waals surface area contributed by atoms with Gasteiger partial charge in [0.1, 0.15) is 0 Å². The molecule has 0 spiro atoms. The van der Waals surface area contributed by atoms with Gasteiger partial charge in [0, 0.05) is 30.5 Å². The lowest BCUT2D eigenvalue weighted by molar-refractivity contribution is -0.143. The Morgan fingerprint density at radius 2 is 2.26 bits per heavy atom. The molecule has 0 radical (unpaired) electrons. The van der Waals surface area contributed by atoms with Crippen molar-refractivity contribution in [2.75, 3.05) is 11.9 Å². The maximum absolute atomic E-state index is 11.3. The molecule has 1 aromatic carbocycles. The molecule has 5 nitrogen and oxygen atoms in total. The maximum atomic E-state index is 11.3. The van der Waals surface area contributed by atoms with Crippen LogP contribution in [0.3, 0.4) is 0 Å². The number of benzene rings is 1. The molecule has 5 heteroatoms. The smallest absolute Gasteiger partial charge is 0.305 e. The summed E-state index contributed by atoms with van der Waals surface area (Å²) in [7, 11) is 0. The number of carbonyl (C=O) groups is 1. The van der Waals surface area contributed by atoms with Gasteiger partial charge in [-0.05, 0) is 50.5 Å². The average molecular weight is 315 g/mol. The van der Waals surface area contributed by atoms with E-state index in [4.69, 9.17) is 4.74 Å². The molecule has 0 aliphatic carbocycles. The van der Waals surface area contributed by atoms with Gasteiger partial charge >= 0.3 is 5.97 Å². The third-order valence-corrected chi connectivity index (χ3v) is 3.57. The first-order valence-corrected chi connectivity index (χ1v) is 8.16. The van der Waals surface area contributed by atoms with E-state index in [-0.39, 0.29) is 5.97 Å². The lowest BCUT2D eigenvalue weighted by atomic mass is 10.1. The molecule has 124 valence electrons. The first kappa shape index (κ1) is 17.1. The molecule has 1 aromatic heterocycles. The Bertz CT molecular complexity index is 596. The van der Waals surface area contributed by atoms with Gasteiger partial charge < -0.3 is 10.1 Å². The number of anilines is 1. The predicted octanol–water partition coefficient (Wildman–Crippen LogP) is 3.47. The quantitative estimate of drug-likeness (QED) is 0.720. The molecule has 0 saturated carbocycles. The molecule has 0 fully saturated rings. The Hall–Kier alpha value is -2.30. The highest BCUT2D eigenvalue weighted by Crippen LogP contribution is 2.15. The van der Waals surface area contributed by atoms with Crippen molar-refractivity contribution in [2.24, 2.45) is 0 Å². The van der Waals surface area contributed by atoms with Gasteiger partial charge in [-0.1, -0.05) is 12.1 Å². The highest BCUT2D eigenvalue weighted by atomic mass is 16.5. The summed E-state index contributed by atoms with van der Waals surface area (Å²) in [4.78, 5) is 11.3. The van der Waals surface area contributed by atoms with E-state index in [1.165, 1.54) is 5.56 Å². The van der Waals surface area contributed by atoms with E-state index < -0.39 is 0 Å². The van der Waals surface area contributed by atoms with Crippen molar-refractivity contribution in [3.8, 4) is 0 Å². The van der Waals surface area contributed by atoms with Gasteiger partial charge in [-0.3, -0.25) is 9.48 Å². The van der Waals surface area contributed by atoms with Crippen LogP contribution in [0.1, 0.15) is 38.7 Å². The molecular weight excluding hydrogens is 290 g/mol. The summed E-state index contributed by atoms with van der Waals surface area (Å²) in [6.07, 6.45) is 5.99. The van der Waals surface area contributed by atoms with E-state index >= 15 is 0 Å².